The van der Waals surface area contributed by atoms with Crippen molar-refractivity contribution in [1.29, 1.82) is 0 Å². The van der Waals surface area contributed by atoms with Gasteiger partial charge in [0.25, 0.3) is 11.7 Å². The van der Waals surface area contributed by atoms with Gasteiger partial charge in [0.15, 0.2) is 0 Å². The molecule has 0 aliphatic rings. The van der Waals surface area contributed by atoms with E-state index < -0.39 is 11.7 Å². The van der Waals surface area contributed by atoms with E-state index in [9.17, 15) is 9.59 Å². The summed E-state index contributed by atoms with van der Waals surface area (Å²) in [6.45, 7) is 6.95. The standard InChI is InChI=1S/C32H30N4O3/c1-21-9-14-27-19-28(24-7-5-4-6-8-24)30(36(27)20-21)31(37)32(38)35-26-12-10-25(11-13-26)33-15-16-39-29-18-22(2)17-23(3)34-29/h4-14,17-20,33H,15-16H2,1-3H3,(H,35,38). The molecule has 0 saturated heterocycles. The predicted octanol–water partition coefficient (Wildman–Crippen LogP) is 6.24. The van der Waals surface area contributed by atoms with Crippen LogP contribution in [0, 0.1) is 20.8 Å². The molecule has 2 aromatic carbocycles. The van der Waals surface area contributed by atoms with Crippen molar-refractivity contribution in [2.75, 3.05) is 23.8 Å². The quantitative estimate of drug-likeness (QED) is 0.137. The van der Waals surface area contributed by atoms with E-state index in [4.69, 9.17) is 4.74 Å². The van der Waals surface area contributed by atoms with Gasteiger partial charge in [-0.3, -0.25) is 9.59 Å². The van der Waals surface area contributed by atoms with Gasteiger partial charge >= 0.3 is 0 Å². The Morgan fingerprint density at radius 3 is 2.33 bits per heavy atom. The molecule has 0 aliphatic heterocycles. The molecule has 7 heteroatoms. The number of ether oxygens (including phenoxy) is 1. The molecule has 0 bridgehead atoms. The summed E-state index contributed by atoms with van der Waals surface area (Å²) in [5, 5.41) is 6.04. The lowest BCUT2D eigenvalue weighted by Crippen LogP contribution is -2.24. The lowest BCUT2D eigenvalue weighted by Gasteiger charge is -2.11. The number of nitrogens with one attached hydrogen (secondary N) is 2. The molecule has 39 heavy (non-hydrogen) atoms. The first-order valence-electron chi connectivity index (χ1n) is 12.8. The molecule has 0 radical (unpaired) electrons. The van der Waals surface area contributed by atoms with Crippen LogP contribution >= 0.6 is 0 Å². The van der Waals surface area contributed by atoms with Crippen LogP contribution in [0.5, 0.6) is 5.88 Å². The first-order chi connectivity index (χ1) is 18.9. The Morgan fingerprint density at radius 2 is 1.59 bits per heavy atom. The van der Waals surface area contributed by atoms with E-state index in [0.29, 0.717) is 30.4 Å². The molecule has 5 rings (SSSR count). The molecule has 3 aromatic heterocycles. The summed E-state index contributed by atoms with van der Waals surface area (Å²) in [7, 11) is 0. The molecule has 0 spiro atoms. The SMILES string of the molecule is Cc1cc(C)nc(OCCNc2ccc(NC(=O)C(=O)c3c(-c4ccccc4)cc4ccc(C)cn34)cc2)c1. The number of benzene rings is 2. The van der Waals surface area contributed by atoms with Crippen molar-refractivity contribution in [3.05, 3.63) is 114 Å². The Bertz CT molecular complexity index is 1620. The number of carbonyl (C=O) groups is 2. The average Bonchev–Trinajstić information content (AvgIpc) is 3.30. The van der Waals surface area contributed by atoms with Gasteiger partial charge < -0.3 is 19.8 Å². The first kappa shape index (κ1) is 25.7. The highest BCUT2D eigenvalue weighted by molar-refractivity contribution is 6.47. The molecule has 2 N–H and O–H groups in total. The van der Waals surface area contributed by atoms with E-state index in [1.165, 1.54) is 0 Å². The van der Waals surface area contributed by atoms with Crippen molar-refractivity contribution >= 4 is 28.6 Å². The number of pyridine rings is 2. The lowest BCUT2D eigenvalue weighted by molar-refractivity contribution is -0.112. The van der Waals surface area contributed by atoms with E-state index in [1.54, 1.807) is 16.5 Å². The summed E-state index contributed by atoms with van der Waals surface area (Å²) in [6, 6.07) is 26.6. The number of nitrogens with zero attached hydrogens (tertiary/aromatic N) is 2. The van der Waals surface area contributed by atoms with Crippen LogP contribution in [0.3, 0.4) is 0 Å². The van der Waals surface area contributed by atoms with E-state index in [-0.39, 0.29) is 0 Å². The molecular formula is C32H30N4O3. The van der Waals surface area contributed by atoms with Crippen molar-refractivity contribution in [3.63, 3.8) is 0 Å². The minimum absolute atomic E-state index is 0.342. The topological polar surface area (TPSA) is 84.7 Å². The molecule has 0 unspecified atom stereocenters. The number of hydrogen-bond acceptors (Lipinski definition) is 5. The van der Waals surface area contributed by atoms with Crippen LogP contribution in [0.4, 0.5) is 11.4 Å². The van der Waals surface area contributed by atoms with E-state index in [1.807, 2.05) is 99.8 Å². The maximum atomic E-state index is 13.5. The molecule has 196 valence electrons. The van der Waals surface area contributed by atoms with Crippen LogP contribution in [0.15, 0.2) is 91.1 Å². The summed E-state index contributed by atoms with van der Waals surface area (Å²) in [6.07, 6.45) is 1.88. The number of anilines is 2. The van der Waals surface area contributed by atoms with Gasteiger partial charge in [-0.2, -0.15) is 0 Å². The zero-order valence-corrected chi connectivity index (χ0v) is 22.2. The highest BCUT2D eigenvalue weighted by atomic mass is 16.5. The number of aryl methyl sites for hydroxylation is 3. The van der Waals surface area contributed by atoms with Crippen molar-refractivity contribution in [2.45, 2.75) is 20.8 Å². The third-order valence-electron chi connectivity index (χ3n) is 6.32. The molecule has 0 aliphatic carbocycles. The van der Waals surface area contributed by atoms with Gasteiger partial charge in [-0.05, 0) is 79.9 Å². The number of amides is 1. The second-order valence-electron chi connectivity index (χ2n) is 9.53. The summed E-state index contributed by atoms with van der Waals surface area (Å²) in [5.41, 5.74) is 7.22. The Balaban J connectivity index is 1.25. The van der Waals surface area contributed by atoms with Gasteiger partial charge in [-0.1, -0.05) is 36.4 Å². The Morgan fingerprint density at radius 1 is 0.846 bits per heavy atom. The van der Waals surface area contributed by atoms with Crippen LogP contribution in [0.25, 0.3) is 16.6 Å². The highest BCUT2D eigenvalue weighted by Gasteiger charge is 2.25. The molecular weight excluding hydrogens is 488 g/mol. The molecule has 0 atom stereocenters. The van der Waals surface area contributed by atoms with Crippen LogP contribution in [0.2, 0.25) is 0 Å². The van der Waals surface area contributed by atoms with Gasteiger partial charge in [-0.15, -0.1) is 0 Å². The summed E-state index contributed by atoms with van der Waals surface area (Å²) < 4.78 is 7.53. The molecule has 0 saturated carbocycles. The Hall–Kier alpha value is -4.91. The molecule has 5 aromatic rings. The zero-order valence-electron chi connectivity index (χ0n) is 22.2. The van der Waals surface area contributed by atoms with Crippen molar-refractivity contribution in [3.8, 4) is 17.0 Å². The number of rotatable bonds is 9. The summed E-state index contributed by atoms with van der Waals surface area (Å²) >= 11 is 0. The van der Waals surface area contributed by atoms with Crippen molar-refractivity contribution in [1.82, 2.24) is 9.38 Å². The average molecular weight is 519 g/mol. The molecule has 1 amide bonds. The smallest absolute Gasteiger partial charge is 0.298 e. The number of aromatic nitrogens is 2. The normalized spacial score (nSPS) is 10.8. The number of Topliss-reactive ketones (excluding diaryl/α,β-unsaturated/α-hetero) is 1. The largest absolute Gasteiger partial charge is 0.476 e. The molecule has 3 heterocycles. The predicted molar refractivity (Wildman–Crippen MR) is 155 cm³/mol. The maximum Gasteiger partial charge on any atom is 0.298 e. The van der Waals surface area contributed by atoms with Crippen LogP contribution < -0.4 is 15.4 Å². The van der Waals surface area contributed by atoms with Crippen molar-refractivity contribution in [2.24, 2.45) is 0 Å². The fraction of sp³-hybridized carbons (Fsp3) is 0.156. The first-order valence-corrected chi connectivity index (χ1v) is 12.8. The van der Waals surface area contributed by atoms with Gasteiger partial charge in [0.2, 0.25) is 5.88 Å². The van der Waals surface area contributed by atoms with Gasteiger partial charge in [0, 0.05) is 47.0 Å². The minimum atomic E-state index is -0.691. The van der Waals surface area contributed by atoms with Gasteiger partial charge in [0.1, 0.15) is 12.3 Å². The third-order valence-corrected chi connectivity index (χ3v) is 6.32. The zero-order chi connectivity index (χ0) is 27.4. The number of fused-ring (bicyclic) bond motifs is 1. The minimum Gasteiger partial charge on any atom is -0.476 e. The maximum absolute atomic E-state index is 13.5. The Labute approximate surface area is 227 Å². The van der Waals surface area contributed by atoms with Crippen LogP contribution in [-0.4, -0.2) is 34.2 Å². The number of carbonyl (C=O) groups excluding carboxylic acids is 2. The second-order valence-corrected chi connectivity index (χ2v) is 9.53. The molecule has 7 nitrogen and oxygen atoms in total. The van der Waals surface area contributed by atoms with E-state index in [2.05, 4.69) is 15.6 Å². The fourth-order valence-electron chi connectivity index (χ4n) is 4.54. The number of hydrogen-bond donors (Lipinski definition) is 2. The molecule has 0 fully saturated rings. The highest BCUT2D eigenvalue weighted by Crippen LogP contribution is 2.29. The van der Waals surface area contributed by atoms with Gasteiger partial charge in [-0.25, -0.2) is 4.98 Å². The third kappa shape index (κ3) is 5.99. The second kappa shape index (κ2) is 11.2. The summed E-state index contributed by atoms with van der Waals surface area (Å²) in [4.78, 5) is 30.9. The van der Waals surface area contributed by atoms with Crippen LogP contribution in [0.1, 0.15) is 27.3 Å². The van der Waals surface area contributed by atoms with E-state index in [0.717, 1.165) is 39.2 Å². The van der Waals surface area contributed by atoms with Crippen LogP contribution in [-0.2, 0) is 4.79 Å². The van der Waals surface area contributed by atoms with Gasteiger partial charge in [0.05, 0.1) is 0 Å². The van der Waals surface area contributed by atoms with Crippen molar-refractivity contribution < 1.29 is 14.3 Å². The lowest BCUT2D eigenvalue weighted by atomic mass is 10.0. The van der Waals surface area contributed by atoms with E-state index >= 15 is 0 Å². The summed E-state index contributed by atoms with van der Waals surface area (Å²) in [5.74, 6) is -0.680. The monoisotopic (exact) mass is 518 g/mol. The number of ketones is 1. The fourth-order valence-corrected chi connectivity index (χ4v) is 4.54. The Kier molecular flexibility index (Phi) is 7.41.